The Morgan fingerprint density at radius 2 is 1.81 bits per heavy atom. The second-order valence-electron chi connectivity index (χ2n) is 6.87. The summed E-state index contributed by atoms with van der Waals surface area (Å²) in [6, 6.07) is 13.6. The first-order valence-corrected chi connectivity index (χ1v) is 10.5. The second-order valence-corrected chi connectivity index (χ2v) is 8.84. The molecule has 0 unspecified atom stereocenters. The third kappa shape index (κ3) is 4.93. The summed E-state index contributed by atoms with van der Waals surface area (Å²) in [6.07, 6.45) is 0.905. The number of nitrogens with zero attached hydrogens (tertiary/aromatic N) is 1. The quantitative estimate of drug-likeness (QED) is 0.852. The fourth-order valence-corrected chi connectivity index (χ4v) is 4.75. The molecule has 0 spiro atoms. The molecule has 5 nitrogen and oxygen atoms in total. The molecule has 1 aliphatic rings. The van der Waals surface area contributed by atoms with Crippen LogP contribution in [0, 0.1) is 18.7 Å². The fourth-order valence-electron chi connectivity index (χ4n) is 3.19. The van der Waals surface area contributed by atoms with Crippen LogP contribution in [0.4, 0.5) is 10.1 Å². The Bertz CT molecular complexity index is 908. The monoisotopic (exact) mass is 390 g/mol. The summed E-state index contributed by atoms with van der Waals surface area (Å²) in [7, 11) is -3.40. The van der Waals surface area contributed by atoms with Crippen LogP contribution < -0.4 is 5.32 Å². The average Bonchev–Trinajstić information content (AvgIpc) is 2.65. The zero-order chi connectivity index (χ0) is 19.4. The maximum absolute atomic E-state index is 13.6. The first-order valence-electron chi connectivity index (χ1n) is 8.94. The predicted molar refractivity (Wildman–Crippen MR) is 103 cm³/mol. The molecule has 0 bridgehead atoms. The summed E-state index contributed by atoms with van der Waals surface area (Å²) in [5, 5.41) is 2.73. The van der Waals surface area contributed by atoms with Gasteiger partial charge in [-0.15, -0.1) is 0 Å². The van der Waals surface area contributed by atoms with Gasteiger partial charge >= 0.3 is 0 Å². The van der Waals surface area contributed by atoms with Crippen LogP contribution >= 0.6 is 0 Å². The molecule has 7 heteroatoms. The van der Waals surface area contributed by atoms with Crippen molar-refractivity contribution in [2.24, 2.45) is 5.92 Å². The highest BCUT2D eigenvalue weighted by molar-refractivity contribution is 7.88. The van der Waals surface area contributed by atoms with Crippen LogP contribution in [0.2, 0.25) is 0 Å². The molecule has 2 aromatic carbocycles. The SMILES string of the molecule is Cc1ccc(NC(=O)C2CCN(S(=O)(=O)Cc3ccccc3)CC2)cc1F. The molecule has 1 N–H and O–H groups in total. The van der Waals surface area contributed by atoms with Crippen molar-refractivity contribution in [2.45, 2.75) is 25.5 Å². The minimum atomic E-state index is -3.40. The zero-order valence-electron chi connectivity index (χ0n) is 15.2. The lowest BCUT2D eigenvalue weighted by Crippen LogP contribution is -2.41. The topological polar surface area (TPSA) is 66.5 Å². The number of aryl methyl sites for hydroxylation is 1. The van der Waals surface area contributed by atoms with Gasteiger partial charge in [0.25, 0.3) is 0 Å². The molecule has 2 aromatic rings. The summed E-state index contributed by atoms with van der Waals surface area (Å²) in [5.74, 6) is -0.876. The van der Waals surface area contributed by atoms with Gasteiger partial charge in [0.1, 0.15) is 5.82 Å². The third-order valence-corrected chi connectivity index (χ3v) is 6.70. The molecule has 0 atom stereocenters. The number of rotatable bonds is 5. The number of sulfonamides is 1. The van der Waals surface area contributed by atoms with Crippen LogP contribution in [0.15, 0.2) is 48.5 Å². The number of anilines is 1. The van der Waals surface area contributed by atoms with E-state index in [1.807, 2.05) is 18.2 Å². The lowest BCUT2D eigenvalue weighted by Gasteiger charge is -2.30. The molecule has 0 aliphatic carbocycles. The van der Waals surface area contributed by atoms with Crippen molar-refractivity contribution in [3.63, 3.8) is 0 Å². The molecule has 27 heavy (non-hydrogen) atoms. The third-order valence-electron chi connectivity index (χ3n) is 4.85. The van der Waals surface area contributed by atoms with Gasteiger partial charge in [-0.3, -0.25) is 4.79 Å². The number of hydrogen-bond donors (Lipinski definition) is 1. The Morgan fingerprint density at radius 3 is 2.44 bits per heavy atom. The molecule has 0 aromatic heterocycles. The number of carbonyl (C=O) groups is 1. The van der Waals surface area contributed by atoms with Crippen LogP contribution in [-0.4, -0.2) is 31.7 Å². The smallest absolute Gasteiger partial charge is 0.227 e. The van der Waals surface area contributed by atoms with Crippen molar-refractivity contribution >= 4 is 21.6 Å². The highest BCUT2D eigenvalue weighted by Gasteiger charge is 2.31. The van der Waals surface area contributed by atoms with Crippen LogP contribution in [0.25, 0.3) is 0 Å². The molecule has 1 amide bonds. The molecule has 144 valence electrons. The van der Waals surface area contributed by atoms with Gasteiger partial charge in [-0.2, -0.15) is 0 Å². The van der Waals surface area contributed by atoms with E-state index in [0.29, 0.717) is 37.2 Å². The van der Waals surface area contributed by atoms with Crippen molar-refractivity contribution in [1.29, 1.82) is 0 Å². The van der Waals surface area contributed by atoms with Crippen LogP contribution in [-0.2, 0) is 20.6 Å². The summed E-state index contributed by atoms with van der Waals surface area (Å²) < 4.78 is 40.2. The maximum atomic E-state index is 13.6. The molecular formula is C20H23FN2O3S. The largest absolute Gasteiger partial charge is 0.326 e. The van der Waals surface area contributed by atoms with Crippen LogP contribution in [0.5, 0.6) is 0 Å². The van der Waals surface area contributed by atoms with E-state index in [1.54, 1.807) is 31.2 Å². The van der Waals surface area contributed by atoms with E-state index < -0.39 is 10.0 Å². The molecule has 1 saturated heterocycles. The van der Waals surface area contributed by atoms with Crippen molar-refractivity contribution < 1.29 is 17.6 Å². The average molecular weight is 390 g/mol. The Hall–Kier alpha value is -2.25. The van der Waals surface area contributed by atoms with Crippen molar-refractivity contribution in [2.75, 3.05) is 18.4 Å². The number of piperidine rings is 1. The Kier molecular flexibility index (Phi) is 5.92. The number of carbonyl (C=O) groups excluding carboxylic acids is 1. The second kappa shape index (κ2) is 8.19. The van der Waals surface area contributed by atoms with E-state index in [1.165, 1.54) is 10.4 Å². The highest BCUT2D eigenvalue weighted by Crippen LogP contribution is 2.23. The maximum Gasteiger partial charge on any atom is 0.227 e. The molecule has 1 aliphatic heterocycles. The van der Waals surface area contributed by atoms with E-state index in [9.17, 15) is 17.6 Å². The van der Waals surface area contributed by atoms with Gasteiger partial charge in [-0.05, 0) is 43.0 Å². The van der Waals surface area contributed by atoms with Gasteiger partial charge in [-0.25, -0.2) is 17.1 Å². The van der Waals surface area contributed by atoms with Gasteiger partial charge in [0, 0.05) is 24.7 Å². The summed E-state index contributed by atoms with van der Waals surface area (Å²) >= 11 is 0. The minimum absolute atomic E-state index is 0.0344. The van der Waals surface area contributed by atoms with E-state index in [2.05, 4.69) is 5.32 Å². The molecule has 1 fully saturated rings. The fraction of sp³-hybridized carbons (Fsp3) is 0.350. The van der Waals surface area contributed by atoms with Gasteiger partial charge in [-0.1, -0.05) is 36.4 Å². The molecule has 0 radical (unpaired) electrons. The summed E-state index contributed by atoms with van der Waals surface area (Å²) in [5.41, 5.74) is 1.69. The van der Waals surface area contributed by atoms with Gasteiger partial charge in [0.2, 0.25) is 15.9 Å². The normalized spacial score (nSPS) is 16.2. The highest BCUT2D eigenvalue weighted by atomic mass is 32.2. The lowest BCUT2D eigenvalue weighted by atomic mass is 9.97. The number of halogens is 1. The molecule has 3 rings (SSSR count). The lowest BCUT2D eigenvalue weighted by molar-refractivity contribution is -0.120. The number of amides is 1. The van der Waals surface area contributed by atoms with Crippen molar-refractivity contribution in [3.8, 4) is 0 Å². The van der Waals surface area contributed by atoms with Crippen molar-refractivity contribution in [1.82, 2.24) is 4.31 Å². The number of nitrogens with one attached hydrogen (secondary N) is 1. The van der Waals surface area contributed by atoms with E-state index in [0.717, 1.165) is 5.56 Å². The van der Waals surface area contributed by atoms with E-state index >= 15 is 0 Å². The Morgan fingerprint density at radius 1 is 1.15 bits per heavy atom. The Balaban J connectivity index is 1.56. The predicted octanol–water partition coefficient (Wildman–Crippen LogP) is 3.31. The molecule has 0 saturated carbocycles. The standard InChI is InChI=1S/C20H23FN2O3S/c1-15-7-8-18(13-19(15)21)22-20(24)17-9-11-23(12-10-17)27(25,26)14-16-5-3-2-4-6-16/h2-8,13,17H,9-12,14H2,1H3,(H,22,24). The number of benzene rings is 2. The van der Waals surface area contributed by atoms with Crippen LogP contribution in [0.1, 0.15) is 24.0 Å². The van der Waals surface area contributed by atoms with Crippen LogP contribution in [0.3, 0.4) is 0 Å². The molecule has 1 heterocycles. The summed E-state index contributed by atoms with van der Waals surface area (Å²) in [4.78, 5) is 12.4. The van der Waals surface area contributed by atoms with Gasteiger partial charge < -0.3 is 5.32 Å². The minimum Gasteiger partial charge on any atom is -0.326 e. The Labute approximate surface area is 159 Å². The van der Waals surface area contributed by atoms with Crippen molar-refractivity contribution in [3.05, 3.63) is 65.5 Å². The van der Waals surface area contributed by atoms with Gasteiger partial charge in [0.15, 0.2) is 0 Å². The first kappa shape index (κ1) is 19.5. The van der Waals surface area contributed by atoms with E-state index in [-0.39, 0.29) is 23.4 Å². The zero-order valence-corrected chi connectivity index (χ0v) is 16.0. The van der Waals surface area contributed by atoms with E-state index in [4.69, 9.17) is 0 Å². The molecular weight excluding hydrogens is 367 g/mol. The van der Waals surface area contributed by atoms with Gasteiger partial charge in [0.05, 0.1) is 5.75 Å². The number of hydrogen-bond acceptors (Lipinski definition) is 3. The summed E-state index contributed by atoms with van der Waals surface area (Å²) in [6.45, 7) is 2.29. The first-order chi connectivity index (χ1) is 12.8.